The summed E-state index contributed by atoms with van der Waals surface area (Å²) in [5.74, 6) is -0.228. The molecule has 1 aliphatic carbocycles. The Morgan fingerprint density at radius 2 is 2.33 bits per heavy atom. The molecule has 1 heterocycles. The molecule has 0 radical (unpaired) electrons. The van der Waals surface area contributed by atoms with Crippen LogP contribution in [0.2, 0.25) is 0 Å². The van der Waals surface area contributed by atoms with Crippen molar-refractivity contribution < 1.29 is 9.90 Å². The smallest absolute Gasteiger partial charge is 0.270 e. The van der Waals surface area contributed by atoms with E-state index in [9.17, 15) is 4.79 Å². The van der Waals surface area contributed by atoms with Crippen LogP contribution < -0.4 is 5.32 Å². The van der Waals surface area contributed by atoms with E-state index >= 15 is 0 Å². The number of aliphatic hydroxyl groups excluding tert-OH is 1. The summed E-state index contributed by atoms with van der Waals surface area (Å²) in [5, 5.41) is 11.8. The molecule has 0 unspecified atom stereocenters. The van der Waals surface area contributed by atoms with Crippen LogP contribution >= 0.6 is 15.9 Å². The van der Waals surface area contributed by atoms with Crippen LogP contribution in [0, 0.1) is 0 Å². The monoisotopic (exact) mass is 270 g/mol. The molecule has 1 saturated carbocycles. The number of aliphatic hydroxyl groups is 1. The molecule has 4 nitrogen and oxygen atoms in total. The van der Waals surface area contributed by atoms with E-state index in [1.165, 1.54) is 0 Å². The number of nitrogens with one attached hydrogen (secondary N) is 1. The summed E-state index contributed by atoms with van der Waals surface area (Å²) in [6, 6.07) is 3.41. The van der Waals surface area contributed by atoms with Gasteiger partial charge in [-0.05, 0) is 40.9 Å². The van der Waals surface area contributed by atoms with Gasteiger partial charge in [0.05, 0.1) is 12.1 Å². The Morgan fingerprint density at radius 1 is 1.60 bits per heavy atom. The number of hydrogen-bond acceptors (Lipinski definition) is 3. The zero-order valence-corrected chi connectivity index (χ0v) is 9.62. The molecular weight excluding hydrogens is 260 g/mol. The lowest BCUT2D eigenvalue weighted by molar-refractivity contribution is 0.0901. The summed E-state index contributed by atoms with van der Waals surface area (Å²) in [6.45, 7) is -0.00469. The van der Waals surface area contributed by atoms with Gasteiger partial charge in [0.15, 0.2) is 0 Å². The van der Waals surface area contributed by atoms with Gasteiger partial charge in [0.2, 0.25) is 0 Å². The topological polar surface area (TPSA) is 62.2 Å². The average Bonchev–Trinajstić information content (AvgIpc) is 2.99. The van der Waals surface area contributed by atoms with Gasteiger partial charge in [-0.25, -0.2) is 4.98 Å². The van der Waals surface area contributed by atoms with Crippen molar-refractivity contribution in [2.75, 3.05) is 6.61 Å². The SMILES string of the molecule is O=C(NC1(CO)CC1)c1ccc(Br)cn1. The van der Waals surface area contributed by atoms with Gasteiger partial charge in [-0.3, -0.25) is 4.79 Å². The van der Waals surface area contributed by atoms with Crippen molar-refractivity contribution in [2.45, 2.75) is 18.4 Å². The van der Waals surface area contributed by atoms with Crippen LogP contribution in [-0.4, -0.2) is 28.1 Å². The Morgan fingerprint density at radius 3 is 2.80 bits per heavy atom. The summed E-state index contributed by atoms with van der Waals surface area (Å²) >= 11 is 3.25. The molecule has 0 spiro atoms. The van der Waals surface area contributed by atoms with Crippen LogP contribution in [0.25, 0.3) is 0 Å². The summed E-state index contributed by atoms with van der Waals surface area (Å²) < 4.78 is 0.836. The van der Waals surface area contributed by atoms with Crippen molar-refractivity contribution in [2.24, 2.45) is 0 Å². The highest BCUT2D eigenvalue weighted by Crippen LogP contribution is 2.34. The number of nitrogens with zero attached hydrogens (tertiary/aromatic N) is 1. The molecular formula is C10H11BrN2O2. The third-order valence-electron chi connectivity index (χ3n) is 2.49. The minimum absolute atomic E-state index is 0.00469. The van der Waals surface area contributed by atoms with Gasteiger partial charge in [-0.2, -0.15) is 0 Å². The maximum absolute atomic E-state index is 11.7. The first-order chi connectivity index (χ1) is 7.15. The van der Waals surface area contributed by atoms with Gasteiger partial charge in [-0.15, -0.1) is 0 Å². The van der Waals surface area contributed by atoms with Gasteiger partial charge in [0, 0.05) is 10.7 Å². The van der Waals surface area contributed by atoms with Crippen LogP contribution in [0.5, 0.6) is 0 Å². The van der Waals surface area contributed by atoms with Gasteiger partial charge in [0.25, 0.3) is 5.91 Å². The number of halogens is 1. The molecule has 0 saturated heterocycles. The largest absolute Gasteiger partial charge is 0.394 e. The maximum Gasteiger partial charge on any atom is 0.270 e. The number of amides is 1. The molecule has 0 atom stereocenters. The first kappa shape index (κ1) is 10.6. The minimum atomic E-state index is -0.383. The Balaban J connectivity index is 2.05. The highest BCUT2D eigenvalue weighted by molar-refractivity contribution is 9.10. The predicted molar refractivity (Wildman–Crippen MR) is 58.5 cm³/mol. The number of carbonyl (C=O) groups excluding carboxylic acids is 1. The lowest BCUT2D eigenvalue weighted by Gasteiger charge is -2.13. The van der Waals surface area contributed by atoms with Gasteiger partial charge < -0.3 is 10.4 Å². The van der Waals surface area contributed by atoms with Crippen molar-refractivity contribution in [1.29, 1.82) is 0 Å². The third-order valence-corrected chi connectivity index (χ3v) is 2.96. The Hall–Kier alpha value is -0.940. The maximum atomic E-state index is 11.7. The summed E-state index contributed by atoms with van der Waals surface area (Å²) in [6.07, 6.45) is 3.25. The van der Waals surface area contributed by atoms with Crippen molar-refractivity contribution in [3.8, 4) is 0 Å². The van der Waals surface area contributed by atoms with Crippen molar-refractivity contribution in [1.82, 2.24) is 10.3 Å². The molecule has 2 N–H and O–H groups in total. The lowest BCUT2D eigenvalue weighted by Crippen LogP contribution is -2.39. The van der Waals surface area contributed by atoms with Crippen molar-refractivity contribution >= 4 is 21.8 Å². The predicted octanol–water partition coefficient (Wildman–Crippen LogP) is 1.10. The molecule has 2 rings (SSSR count). The standard InChI is InChI=1S/C10H11BrN2O2/c11-7-1-2-8(12-5-7)9(15)13-10(6-14)3-4-10/h1-2,5,14H,3-4,6H2,(H,13,15). The van der Waals surface area contributed by atoms with Crippen molar-refractivity contribution in [3.05, 3.63) is 28.5 Å². The summed E-state index contributed by atoms with van der Waals surface area (Å²) in [4.78, 5) is 15.7. The van der Waals surface area contributed by atoms with Crippen LogP contribution in [0.4, 0.5) is 0 Å². The zero-order chi connectivity index (χ0) is 10.9. The van der Waals surface area contributed by atoms with E-state index in [-0.39, 0.29) is 18.1 Å². The van der Waals surface area contributed by atoms with E-state index in [2.05, 4.69) is 26.2 Å². The first-order valence-corrected chi connectivity index (χ1v) is 5.49. The molecule has 0 aromatic carbocycles. The van der Waals surface area contributed by atoms with Crippen LogP contribution in [0.15, 0.2) is 22.8 Å². The summed E-state index contributed by atoms with van der Waals surface area (Å²) in [5.41, 5.74) is -0.0100. The highest BCUT2D eigenvalue weighted by atomic mass is 79.9. The van der Waals surface area contributed by atoms with E-state index in [0.29, 0.717) is 5.69 Å². The number of carbonyl (C=O) groups is 1. The fraction of sp³-hybridized carbons (Fsp3) is 0.400. The molecule has 1 amide bonds. The van der Waals surface area contributed by atoms with E-state index in [1.54, 1.807) is 18.3 Å². The molecule has 5 heteroatoms. The Bertz CT molecular complexity index is 374. The second kappa shape index (κ2) is 3.90. The molecule has 1 aromatic heterocycles. The lowest BCUT2D eigenvalue weighted by atomic mass is 10.2. The number of rotatable bonds is 3. The van der Waals surface area contributed by atoms with Crippen LogP contribution in [0.1, 0.15) is 23.3 Å². The minimum Gasteiger partial charge on any atom is -0.394 e. The Kier molecular flexibility index (Phi) is 2.75. The molecule has 80 valence electrons. The molecule has 1 aromatic rings. The second-order valence-electron chi connectivity index (χ2n) is 3.75. The highest BCUT2D eigenvalue weighted by Gasteiger charge is 2.43. The van der Waals surface area contributed by atoms with Gasteiger partial charge in [0.1, 0.15) is 5.69 Å². The van der Waals surface area contributed by atoms with Gasteiger partial charge >= 0.3 is 0 Å². The number of hydrogen-bond donors (Lipinski definition) is 2. The molecule has 1 aliphatic rings. The normalized spacial score (nSPS) is 17.2. The fourth-order valence-corrected chi connectivity index (χ4v) is 1.52. The van der Waals surface area contributed by atoms with E-state index in [0.717, 1.165) is 17.3 Å². The molecule has 1 fully saturated rings. The van der Waals surface area contributed by atoms with Crippen LogP contribution in [-0.2, 0) is 0 Å². The van der Waals surface area contributed by atoms with Gasteiger partial charge in [-0.1, -0.05) is 0 Å². The second-order valence-corrected chi connectivity index (χ2v) is 4.67. The first-order valence-electron chi connectivity index (χ1n) is 4.70. The molecule has 15 heavy (non-hydrogen) atoms. The molecule has 0 aliphatic heterocycles. The number of pyridine rings is 1. The van der Waals surface area contributed by atoms with Crippen molar-refractivity contribution in [3.63, 3.8) is 0 Å². The zero-order valence-electron chi connectivity index (χ0n) is 8.03. The fourth-order valence-electron chi connectivity index (χ4n) is 1.29. The van der Waals surface area contributed by atoms with E-state index < -0.39 is 0 Å². The summed E-state index contributed by atoms with van der Waals surface area (Å²) in [7, 11) is 0. The quantitative estimate of drug-likeness (QED) is 0.865. The number of aromatic nitrogens is 1. The van der Waals surface area contributed by atoms with E-state index in [4.69, 9.17) is 5.11 Å². The average molecular weight is 271 g/mol. The molecule has 0 bridgehead atoms. The third kappa shape index (κ3) is 2.35. The Labute approximate surface area is 95.8 Å². The van der Waals surface area contributed by atoms with E-state index in [1.807, 2.05) is 0 Å². The van der Waals surface area contributed by atoms with Crippen LogP contribution in [0.3, 0.4) is 0 Å².